The number of hydrogen-bond acceptors (Lipinski definition) is 3. The maximum atomic E-state index is 4.43. The Bertz CT molecular complexity index is 382. The van der Waals surface area contributed by atoms with Crippen LogP contribution in [0.25, 0.3) is 0 Å². The van der Waals surface area contributed by atoms with Gasteiger partial charge in [0.2, 0.25) is 0 Å². The van der Waals surface area contributed by atoms with Crippen molar-refractivity contribution in [1.82, 2.24) is 14.8 Å². The summed E-state index contributed by atoms with van der Waals surface area (Å²) in [6, 6.07) is 0. The van der Waals surface area contributed by atoms with E-state index >= 15 is 0 Å². The van der Waals surface area contributed by atoms with E-state index < -0.39 is 0 Å². The Morgan fingerprint density at radius 3 is 2.88 bits per heavy atom. The zero-order chi connectivity index (χ0) is 11.7. The summed E-state index contributed by atoms with van der Waals surface area (Å²) < 4.78 is 2.39. The maximum Gasteiger partial charge on any atom is 0.133 e. The standard InChI is InChI=1S/C13H21N3S/c1-10-2-5-16-12(8-10)14-15-13(16)9-11-3-6-17-7-4-11/h10-11H,2-9H2,1H3. The third-order valence-corrected chi connectivity index (χ3v) is 5.14. The summed E-state index contributed by atoms with van der Waals surface area (Å²) in [7, 11) is 0. The summed E-state index contributed by atoms with van der Waals surface area (Å²) in [5, 5.41) is 8.81. The van der Waals surface area contributed by atoms with Gasteiger partial charge in [-0.25, -0.2) is 0 Å². The van der Waals surface area contributed by atoms with Gasteiger partial charge < -0.3 is 4.57 Å². The number of thioether (sulfide) groups is 1. The van der Waals surface area contributed by atoms with Crippen LogP contribution in [0, 0.1) is 11.8 Å². The van der Waals surface area contributed by atoms with E-state index in [9.17, 15) is 0 Å². The van der Waals surface area contributed by atoms with Crippen molar-refractivity contribution >= 4 is 11.8 Å². The molecule has 3 nitrogen and oxygen atoms in total. The molecular formula is C13H21N3S. The molecule has 1 unspecified atom stereocenters. The Labute approximate surface area is 107 Å². The van der Waals surface area contributed by atoms with Crippen molar-refractivity contribution < 1.29 is 0 Å². The minimum atomic E-state index is 0.783. The lowest BCUT2D eigenvalue weighted by molar-refractivity contribution is 0.391. The van der Waals surface area contributed by atoms with Crippen molar-refractivity contribution in [3.05, 3.63) is 11.6 Å². The lowest BCUT2D eigenvalue weighted by Gasteiger charge is -2.23. The smallest absolute Gasteiger partial charge is 0.133 e. The summed E-state index contributed by atoms with van der Waals surface area (Å²) in [6.45, 7) is 3.45. The predicted octanol–water partition coefficient (Wildman–Crippen LogP) is 2.55. The van der Waals surface area contributed by atoms with Gasteiger partial charge >= 0.3 is 0 Å². The molecule has 1 aromatic heterocycles. The Morgan fingerprint density at radius 2 is 2.06 bits per heavy atom. The number of fused-ring (bicyclic) bond motifs is 1. The second-order valence-electron chi connectivity index (χ2n) is 5.54. The van der Waals surface area contributed by atoms with Crippen LogP contribution in [0.5, 0.6) is 0 Å². The van der Waals surface area contributed by atoms with Gasteiger partial charge in [-0.3, -0.25) is 0 Å². The van der Waals surface area contributed by atoms with Gasteiger partial charge in [0.15, 0.2) is 0 Å². The highest BCUT2D eigenvalue weighted by Gasteiger charge is 2.22. The van der Waals surface area contributed by atoms with E-state index in [2.05, 4.69) is 33.5 Å². The van der Waals surface area contributed by atoms with Gasteiger partial charge in [0.1, 0.15) is 11.6 Å². The van der Waals surface area contributed by atoms with E-state index in [4.69, 9.17) is 0 Å². The fourth-order valence-electron chi connectivity index (χ4n) is 2.90. The van der Waals surface area contributed by atoms with Gasteiger partial charge in [0.05, 0.1) is 0 Å². The van der Waals surface area contributed by atoms with Crippen molar-refractivity contribution in [3.63, 3.8) is 0 Å². The van der Waals surface area contributed by atoms with Gasteiger partial charge in [-0.2, -0.15) is 11.8 Å². The Morgan fingerprint density at radius 1 is 1.24 bits per heavy atom. The Kier molecular flexibility index (Phi) is 3.41. The highest BCUT2D eigenvalue weighted by atomic mass is 32.2. The summed E-state index contributed by atoms with van der Waals surface area (Å²) >= 11 is 2.10. The molecule has 0 bridgehead atoms. The maximum absolute atomic E-state index is 4.43. The van der Waals surface area contributed by atoms with Crippen LogP contribution in [0.2, 0.25) is 0 Å². The van der Waals surface area contributed by atoms with Crippen LogP contribution < -0.4 is 0 Å². The monoisotopic (exact) mass is 251 g/mol. The molecule has 94 valence electrons. The van der Waals surface area contributed by atoms with E-state index in [-0.39, 0.29) is 0 Å². The van der Waals surface area contributed by atoms with Crippen LogP contribution in [0.4, 0.5) is 0 Å². The molecule has 1 atom stereocenters. The van der Waals surface area contributed by atoms with Crippen molar-refractivity contribution in [2.24, 2.45) is 11.8 Å². The average Bonchev–Trinajstić information content (AvgIpc) is 2.73. The van der Waals surface area contributed by atoms with Gasteiger partial charge in [-0.1, -0.05) is 6.92 Å². The molecule has 4 heteroatoms. The summed E-state index contributed by atoms with van der Waals surface area (Å²) in [4.78, 5) is 0. The summed E-state index contributed by atoms with van der Waals surface area (Å²) in [5.41, 5.74) is 0. The molecule has 1 fully saturated rings. The number of hydrogen-bond donors (Lipinski definition) is 0. The highest BCUT2D eigenvalue weighted by molar-refractivity contribution is 7.99. The zero-order valence-electron chi connectivity index (χ0n) is 10.6. The highest BCUT2D eigenvalue weighted by Crippen LogP contribution is 2.27. The van der Waals surface area contributed by atoms with Crippen LogP contribution >= 0.6 is 11.8 Å². The minimum Gasteiger partial charge on any atom is -0.315 e. The average molecular weight is 251 g/mol. The number of aromatic nitrogens is 3. The molecule has 0 aromatic carbocycles. The second kappa shape index (κ2) is 5.01. The lowest BCUT2D eigenvalue weighted by atomic mass is 9.97. The van der Waals surface area contributed by atoms with Crippen LogP contribution in [-0.4, -0.2) is 26.3 Å². The van der Waals surface area contributed by atoms with Gasteiger partial charge in [-0.15, -0.1) is 10.2 Å². The molecule has 2 aliphatic heterocycles. The first kappa shape index (κ1) is 11.6. The Balaban J connectivity index is 1.71. The van der Waals surface area contributed by atoms with Gasteiger partial charge in [0, 0.05) is 19.4 Å². The molecule has 0 amide bonds. The number of rotatable bonds is 2. The van der Waals surface area contributed by atoms with Gasteiger partial charge in [0.25, 0.3) is 0 Å². The molecule has 0 N–H and O–H groups in total. The fraction of sp³-hybridized carbons (Fsp3) is 0.846. The van der Waals surface area contributed by atoms with Gasteiger partial charge in [-0.05, 0) is 42.6 Å². The molecule has 0 radical (unpaired) electrons. The molecule has 0 aliphatic carbocycles. The third kappa shape index (κ3) is 2.51. The second-order valence-corrected chi connectivity index (χ2v) is 6.77. The first-order valence-electron chi connectivity index (χ1n) is 6.81. The largest absolute Gasteiger partial charge is 0.315 e. The summed E-state index contributed by atoms with van der Waals surface area (Å²) in [5.74, 6) is 6.79. The quantitative estimate of drug-likeness (QED) is 0.809. The summed E-state index contributed by atoms with van der Waals surface area (Å²) in [6.07, 6.45) is 6.29. The van der Waals surface area contributed by atoms with E-state index in [0.29, 0.717) is 0 Å². The van der Waals surface area contributed by atoms with Crippen LogP contribution in [0.1, 0.15) is 37.8 Å². The van der Waals surface area contributed by atoms with Crippen LogP contribution in [0.3, 0.4) is 0 Å². The third-order valence-electron chi connectivity index (χ3n) is 4.09. The zero-order valence-corrected chi connectivity index (χ0v) is 11.4. The molecule has 2 aliphatic rings. The molecule has 0 saturated carbocycles. The van der Waals surface area contributed by atoms with E-state index in [1.165, 1.54) is 42.4 Å². The molecule has 3 rings (SSSR count). The van der Waals surface area contributed by atoms with Crippen LogP contribution in [-0.2, 0) is 19.4 Å². The van der Waals surface area contributed by atoms with E-state index in [0.717, 1.165) is 31.2 Å². The van der Waals surface area contributed by atoms with Crippen molar-refractivity contribution in [3.8, 4) is 0 Å². The SMILES string of the molecule is CC1CCn2c(nnc2CC2CCSCC2)C1. The normalized spacial score (nSPS) is 25.8. The lowest BCUT2D eigenvalue weighted by Crippen LogP contribution is -2.21. The minimum absolute atomic E-state index is 0.783. The molecule has 1 saturated heterocycles. The topological polar surface area (TPSA) is 30.7 Å². The fourth-order valence-corrected chi connectivity index (χ4v) is 4.11. The number of nitrogens with zero attached hydrogens (tertiary/aromatic N) is 3. The predicted molar refractivity (Wildman–Crippen MR) is 71.3 cm³/mol. The first-order chi connectivity index (χ1) is 8.33. The molecule has 1 aromatic rings. The van der Waals surface area contributed by atoms with E-state index in [1.807, 2.05) is 0 Å². The van der Waals surface area contributed by atoms with Crippen molar-refractivity contribution in [2.45, 2.75) is 45.6 Å². The first-order valence-corrected chi connectivity index (χ1v) is 7.97. The van der Waals surface area contributed by atoms with Crippen molar-refractivity contribution in [1.29, 1.82) is 0 Å². The van der Waals surface area contributed by atoms with E-state index in [1.54, 1.807) is 0 Å². The van der Waals surface area contributed by atoms with Crippen LogP contribution in [0.15, 0.2) is 0 Å². The molecule has 17 heavy (non-hydrogen) atoms. The molecular weight excluding hydrogens is 230 g/mol. The molecule has 3 heterocycles. The Hall–Kier alpha value is -0.510. The van der Waals surface area contributed by atoms with Crippen molar-refractivity contribution in [2.75, 3.05) is 11.5 Å². The molecule has 0 spiro atoms.